The third-order valence-corrected chi connectivity index (χ3v) is 4.06. The summed E-state index contributed by atoms with van der Waals surface area (Å²) in [4.78, 5) is 6.83. The lowest BCUT2D eigenvalue weighted by molar-refractivity contribution is 0.484. The molecule has 1 aromatic heterocycles. The lowest BCUT2D eigenvalue weighted by Gasteiger charge is -2.31. The lowest BCUT2D eigenvalue weighted by Crippen LogP contribution is -2.49. The maximum atomic E-state index is 13.1. The van der Waals surface area contributed by atoms with Gasteiger partial charge in [-0.2, -0.15) is 0 Å². The molecule has 3 rings (SSSR count). The van der Waals surface area contributed by atoms with E-state index in [1.807, 2.05) is 0 Å². The molecule has 17 heavy (non-hydrogen) atoms. The van der Waals surface area contributed by atoms with E-state index in [1.54, 1.807) is 23.5 Å². The van der Waals surface area contributed by atoms with E-state index in [0.29, 0.717) is 6.04 Å². The number of rotatable bonds is 1. The maximum absolute atomic E-state index is 13.1. The monoisotopic (exact) mass is 251 g/mol. The number of nitrogens with one attached hydrogen (secondary N) is 1. The fraction of sp³-hybridized carbons (Fsp3) is 0.417. The van der Waals surface area contributed by atoms with Crippen LogP contribution in [-0.4, -0.2) is 30.7 Å². The summed E-state index contributed by atoms with van der Waals surface area (Å²) in [5.74, 6) is -0.193. The summed E-state index contributed by atoms with van der Waals surface area (Å²) < 4.78 is 14.0. The fourth-order valence-corrected chi connectivity index (χ4v) is 3.15. The molecule has 2 aromatic rings. The van der Waals surface area contributed by atoms with Crippen LogP contribution >= 0.6 is 11.3 Å². The number of fused-ring (bicyclic) bond motifs is 1. The maximum Gasteiger partial charge on any atom is 0.186 e. The van der Waals surface area contributed by atoms with Crippen LogP contribution in [0.4, 0.5) is 9.52 Å². The Labute approximate surface area is 103 Å². The number of halogens is 1. The Kier molecular flexibility index (Phi) is 2.72. The largest absolute Gasteiger partial charge is 0.345 e. The molecule has 1 atom stereocenters. The molecule has 1 aliphatic heterocycles. The normalized spacial score (nSPS) is 21.1. The second-order valence-electron chi connectivity index (χ2n) is 4.41. The molecule has 2 heterocycles. The minimum absolute atomic E-state index is 0.193. The predicted octanol–water partition coefficient (Wildman–Crippen LogP) is 2.23. The molecule has 0 aliphatic carbocycles. The summed E-state index contributed by atoms with van der Waals surface area (Å²) in [6.45, 7) is 5.07. The Bertz CT molecular complexity index is 540. The highest BCUT2D eigenvalue weighted by Crippen LogP contribution is 2.29. The van der Waals surface area contributed by atoms with Crippen molar-refractivity contribution < 1.29 is 4.39 Å². The summed E-state index contributed by atoms with van der Waals surface area (Å²) in [5.41, 5.74) is 0.887. The summed E-state index contributed by atoms with van der Waals surface area (Å²) in [6, 6.07) is 5.25. The summed E-state index contributed by atoms with van der Waals surface area (Å²) in [7, 11) is 0. The summed E-state index contributed by atoms with van der Waals surface area (Å²) in [5, 5.41) is 4.40. The molecule has 0 radical (unpaired) electrons. The highest BCUT2D eigenvalue weighted by atomic mass is 32.1. The SMILES string of the molecule is C[C@H]1CN(c2nc3ccc(F)cc3s2)CCN1. The highest BCUT2D eigenvalue weighted by Gasteiger charge is 2.18. The lowest BCUT2D eigenvalue weighted by atomic mass is 10.2. The Balaban J connectivity index is 1.94. The molecular weight excluding hydrogens is 237 g/mol. The molecule has 0 saturated carbocycles. The van der Waals surface area contributed by atoms with E-state index in [2.05, 4.69) is 22.1 Å². The van der Waals surface area contributed by atoms with Crippen molar-refractivity contribution in [2.45, 2.75) is 13.0 Å². The van der Waals surface area contributed by atoms with E-state index >= 15 is 0 Å². The van der Waals surface area contributed by atoms with Crippen molar-refractivity contribution in [1.82, 2.24) is 10.3 Å². The molecule has 0 spiro atoms. The van der Waals surface area contributed by atoms with Gasteiger partial charge in [0.2, 0.25) is 0 Å². The van der Waals surface area contributed by atoms with Crippen molar-refractivity contribution in [2.75, 3.05) is 24.5 Å². The van der Waals surface area contributed by atoms with Gasteiger partial charge in [-0.3, -0.25) is 0 Å². The molecule has 1 aromatic carbocycles. The number of anilines is 1. The molecule has 1 aliphatic rings. The topological polar surface area (TPSA) is 28.2 Å². The van der Waals surface area contributed by atoms with Crippen molar-refractivity contribution in [2.24, 2.45) is 0 Å². The number of benzene rings is 1. The Hall–Kier alpha value is -1.20. The van der Waals surface area contributed by atoms with Crippen LogP contribution in [0, 0.1) is 5.82 Å². The quantitative estimate of drug-likeness (QED) is 0.842. The molecule has 0 bridgehead atoms. The van der Waals surface area contributed by atoms with Gasteiger partial charge in [-0.15, -0.1) is 0 Å². The van der Waals surface area contributed by atoms with Gasteiger partial charge < -0.3 is 10.2 Å². The van der Waals surface area contributed by atoms with E-state index in [-0.39, 0.29) is 5.82 Å². The molecule has 0 unspecified atom stereocenters. The number of hydrogen-bond acceptors (Lipinski definition) is 4. The molecule has 0 amide bonds. The first-order valence-corrected chi connectivity index (χ1v) is 6.58. The number of piperazine rings is 1. The van der Waals surface area contributed by atoms with Gasteiger partial charge in [0.1, 0.15) is 5.82 Å². The van der Waals surface area contributed by atoms with Crippen LogP contribution < -0.4 is 10.2 Å². The Morgan fingerprint density at radius 2 is 2.41 bits per heavy atom. The van der Waals surface area contributed by atoms with Crippen LogP contribution in [-0.2, 0) is 0 Å². The first-order valence-electron chi connectivity index (χ1n) is 5.77. The van der Waals surface area contributed by atoms with Crippen LogP contribution in [0.3, 0.4) is 0 Å². The molecule has 1 N–H and O–H groups in total. The second-order valence-corrected chi connectivity index (χ2v) is 5.42. The smallest absolute Gasteiger partial charge is 0.186 e. The van der Waals surface area contributed by atoms with E-state index in [1.165, 1.54) is 6.07 Å². The van der Waals surface area contributed by atoms with E-state index in [0.717, 1.165) is 35.0 Å². The van der Waals surface area contributed by atoms with Gasteiger partial charge in [0.25, 0.3) is 0 Å². The summed E-state index contributed by atoms with van der Waals surface area (Å²) in [6.07, 6.45) is 0. The highest BCUT2D eigenvalue weighted by molar-refractivity contribution is 7.22. The molecular formula is C12H14FN3S. The molecule has 90 valence electrons. The van der Waals surface area contributed by atoms with Crippen molar-refractivity contribution in [3.8, 4) is 0 Å². The van der Waals surface area contributed by atoms with Gasteiger partial charge in [0.15, 0.2) is 5.13 Å². The van der Waals surface area contributed by atoms with Crippen LogP contribution in [0.2, 0.25) is 0 Å². The molecule has 1 fully saturated rings. The van der Waals surface area contributed by atoms with Gasteiger partial charge in [0, 0.05) is 25.7 Å². The molecule has 1 saturated heterocycles. The van der Waals surface area contributed by atoms with Crippen molar-refractivity contribution >= 4 is 26.7 Å². The number of thiazole rings is 1. The minimum atomic E-state index is -0.193. The van der Waals surface area contributed by atoms with Crippen molar-refractivity contribution in [1.29, 1.82) is 0 Å². The van der Waals surface area contributed by atoms with Gasteiger partial charge in [-0.1, -0.05) is 11.3 Å². The fourth-order valence-electron chi connectivity index (χ4n) is 2.13. The van der Waals surface area contributed by atoms with Gasteiger partial charge >= 0.3 is 0 Å². The van der Waals surface area contributed by atoms with Gasteiger partial charge in [0.05, 0.1) is 10.2 Å². The Morgan fingerprint density at radius 3 is 3.24 bits per heavy atom. The standard InChI is InChI=1S/C12H14FN3S/c1-8-7-16(5-4-14-8)12-15-10-3-2-9(13)6-11(10)17-12/h2-3,6,8,14H,4-5,7H2,1H3/t8-/m0/s1. The van der Waals surface area contributed by atoms with Crippen molar-refractivity contribution in [3.05, 3.63) is 24.0 Å². The van der Waals surface area contributed by atoms with Crippen LogP contribution in [0.25, 0.3) is 10.2 Å². The third-order valence-electron chi connectivity index (χ3n) is 2.98. The van der Waals surface area contributed by atoms with E-state index in [4.69, 9.17) is 0 Å². The zero-order valence-electron chi connectivity index (χ0n) is 9.61. The van der Waals surface area contributed by atoms with Gasteiger partial charge in [-0.05, 0) is 25.1 Å². The van der Waals surface area contributed by atoms with E-state index < -0.39 is 0 Å². The van der Waals surface area contributed by atoms with Gasteiger partial charge in [-0.25, -0.2) is 9.37 Å². The van der Waals surface area contributed by atoms with Crippen molar-refractivity contribution in [3.63, 3.8) is 0 Å². The van der Waals surface area contributed by atoms with Crippen LogP contribution in [0.15, 0.2) is 18.2 Å². The van der Waals surface area contributed by atoms with E-state index in [9.17, 15) is 4.39 Å². The number of nitrogens with zero attached hydrogens (tertiary/aromatic N) is 2. The number of aromatic nitrogens is 1. The minimum Gasteiger partial charge on any atom is -0.345 e. The third kappa shape index (κ3) is 2.12. The van der Waals surface area contributed by atoms with Crippen LogP contribution in [0.1, 0.15) is 6.92 Å². The average molecular weight is 251 g/mol. The predicted molar refractivity (Wildman–Crippen MR) is 69.3 cm³/mol. The zero-order chi connectivity index (χ0) is 11.8. The average Bonchev–Trinajstić information content (AvgIpc) is 2.72. The van der Waals surface area contributed by atoms with Crippen LogP contribution in [0.5, 0.6) is 0 Å². The first kappa shape index (κ1) is 10.9. The Morgan fingerprint density at radius 1 is 1.53 bits per heavy atom. The molecule has 5 heteroatoms. The molecule has 3 nitrogen and oxygen atoms in total. The first-order chi connectivity index (χ1) is 8.22. The zero-order valence-corrected chi connectivity index (χ0v) is 10.4. The number of hydrogen-bond donors (Lipinski definition) is 1. The second kappa shape index (κ2) is 4.23. The summed E-state index contributed by atoms with van der Waals surface area (Å²) >= 11 is 1.57.